The van der Waals surface area contributed by atoms with Gasteiger partial charge >= 0.3 is 0 Å². The Bertz CT molecular complexity index is 443. The molecule has 0 radical (unpaired) electrons. The van der Waals surface area contributed by atoms with E-state index < -0.39 is 0 Å². The summed E-state index contributed by atoms with van der Waals surface area (Å²) in [6.45, 7) is 8.66. The highest BCUT2D eigenvalue weighted by atomic mass is 15.1. The van der Waals surface area contributed by atoms with Crippen molar-refractivity contribution in [1.82, 2.24) is 0 Å². The third-order valence-corrected chi connectivity index (χ3v) is 3.46. The van der Waals surface area contributed by atoms with Crippen molar-refractivity contribution in [2.75, 3.05) is 5.32 Å². The molecule has 1 saturated carbocycles. The number of nitrogens with two attached hydrogens (primary N) is 1. The van der Waals surface area contributed by atoms with Gasteiger partial charge in [0.1, 0.15) is 0 Å². The lowest BCUT2D eigenvalue weighted by atomic mass is 10.1. The van der Waals surface area contributed by atoms with Crippen LogP contribution in [0.5, 0.6) is 0 Å². The van der Waals surface area contributed by atoms with Crippen molar-refractivity contribution in [3.05, 3.63) is 29.3 Å². The number of anilines is 1. The average molecular weight is 245 g/mol. The molecule has 0 aliphatic heterocycles. The highest BCUT2D eigenvalue weighted by Crippen LogP contribution is 2.39. The Balaban J connectivity index is 1.99. The first-order valence-electron chi connectivity index (χ1n) is 6.64. The van der Waals surface area contributed by atoms with Gasteiger partial charge < -0.3 is 11.1 Å². The second-order valence-corrected chi connectivity index (χ2v) is 5.73. The number of aryl methyl sites for hydroxylation is 2. The molecule has 3 N–H and O–H groups in total. The van der Waals surface area contributed by atoms with Crippen LogP contribution >= 0.6 is 0 Å². The van der Waals surface area contributed by atoms with Crippen LogP contribution in [0.2, 0.25) is 0 Å². The molecule has 0 bridgehead atoms. The largest absolute Gasteiger partial charge is 0.370 e. The molecule has 0 aromatic heterocycles. The third-order valence-electron chi connectivity index (χ3n) is 3.46. The molecule has 1 aliphatic rings. The lowest BCUT2D eigenvalue weighted by Crippen LogP contribution is -2.23. The molecular weight excluding hydrogens is 222 g/mol. The smallest absolute Gasteiger partial charge is 0.193 e. The van der Waals surface area contributed by atoms with E-state index in [1.807, 2.05) is 0 Å². The minimum Gasteiger partial charge on any atom is -0.370 e. The molecule has 0 spiro atoms. The molecule has 1 aromatic carbocycles. The van der Waals surface area contributed by atoms with E-state index in [2.05, 4.69) is 56.2 Å². The maximum atomic E-state index is 5.95. The predicted molar refractivity (Wildman–Crippen MR) is 77.9 cm³/mol. The molecule has 1 aliphatic carbocycles. The van der Waals surface area contributed by atoms with E-state index in [-0.39, 0.29) is 0 Å². The van der Waals surface area contributed by atoms with Gasteiger partial charge in [0.15, 0.2) is 5.96 Å². The van der Waals surface area contributed by atoms with Crippen molar-refractivity contribution >= 4 is 11.6 Å². The summed E-state index contributed by atoms with van der Waals surface area (Å²) in [7, 11) is 0. The molecule has 1 fully saturated rings. The minimum atomic E-state index is 0.420. The van der Waals surface area contributed by atoms with Crippen LogP contribution in [0.3, 0.4) is 0 Å². The van der Waals surface area contributed by atoms with Crippen LogP contribution in [-0.4, -0.2) is 12.0 Å². The van der Waals surface area contributed by atoms with Crippen LogP contribution in [0.4, 0.5) is 5.69 Å². The first-order valence-corrected chi connectivity index (χ1v) is 6.64. The van der Waals surface area contributed by atoms with Gasteiger partial charge in [-0.25, -0.2) is 4.99 Å². The van der Waals surface area contributed by atoms with Gasteiger partial charge in [0.05, 0.1) is 6.04 Å². The fourth-order valence-electron chi connectivity index (χ4n) is 2.47. The van der Waals surface area contributed by atoms with E-state index in [1.165, 1.54) is 17.5 Å². The summed E-state index contributed by atoms with van der Waals surface area (Å²) in [6.07, 6.45) is 1.17. The van der Waals surface area contributed by atoms with Gasteiger partial charge in [-0.15, -0.1) is 0 Å². The summed E-state index contributed by atoms with van der Waals surface area (Å²) in [4.78, 5) is 4.53. The van der Waals surface area contributed by atoms with Crippen molar-refractivity contribution in [1.29, 1.82) is 0 Å². The Morgan fingerprint density at radius 3 is 2.39 bits per heavy atom. The Kier molecular flexibility index (Phi) is 3.60. The summed E-state index contributed by atoms with van der Waals surface area (Å²) >= 11 is 0. The zero-order valence-corrected chi connectivity index (χ0v) is 11.7. The molecule has 0 amide bonds. The summed E-state index contributed by atoms with van der Waals surface area (Å²) in [5.74, 6) is 1.95. The topological polar surface area (TPSA) is 50.4 Å². The van der Waals surface area contributed by atoms with Gasteiger partial charge in [-0.05, 0) is 55.4 Å². The molecular formula is C15H23N3. The van der Waals surface area contributed by atoms with Gasteiger partial charge in [0.2, 0.25) is 0 Å². The molecule has 2 rings (SSSR count). The summed E-state index contributed by atoms with van der Waals surface area (Å²) in [5.41, 5.74) is 9.44. The Morgan fingerprint density at radius 1 is 1.28 bits per heavy atom. The molecule has 0 saturated heterocycles. The van der Waals surface area contributed by atoms with E-state index in [4.69, 9.17) is 5.73 Å². The van der Waals surface area contributed by atoms with Crippen LogP contribution in [0.25, 0.3) is 0 Å². The zero-order valence-electron chi connectivity index (χ0n) is 11.7. The second kappa shape index (κ2) is 5.01. The van der Waals surface area contributed by atoms with E-state index in [0.29, 0.717) is 23.8 Å². The normalized spacial score (nSPS) is 23.3. The third kappa shape index (κ3) is 3.25. The number of nitrogens with zero attached hydrogens (tertiary/aromatic N) is 1. The molecule has 2 atom stereocenters. The number of guanidine groups is 1. The van der Waals surface area contributed by atoms with Gasteiger partial charge in [0.25, 0.3) is 0 Å². The fourth-order valence-corrected chi connectivity index (χ4v) is 2.47. The van der Waals surface area contributed by atoms with Gasteiger partial charge in [-0.3, -0.25) is 0 Å². The van der Waals surface area contributed by atoms with Crippen LogP contribution in [-0.2, 0) is 0 Å². The fraction of sp³-hybridized carbons (Fsp3) is 0.533. The minimum absolute atomic E-state index is 0.420. The van der Waals surface area contributed by atoms with E-state index >= 15 is 0 Å². The lowest BCUT2D eigenvalue weighted by Gasteiger charge is -2.08. The summed E-state index contributed by atoms with van der Waals surface area (Å²) < 4.78 is 0. The first-order chi connectivity index (χ1) is 8.45. The highest BCUT2D eigenvalue weighted by Gasteiger charge is 2.39. The first kappa shape index (κ1) is 12.9. The standard InChI is InChI=1S/C15H23N3/c1-9(2)13-8-14(13)18-15(16)17-12-6-10(3)5-11(4)7-12/h5-7,9,13-14H,8H2,1-4H3,(H3,16,17,18)/t13-,14+/m0/s1. The lowest BCUT2D eigenvalue weighted by molar-refractivity contribution is 0.548. The molecule has 98 valence electrons. The quantitative estimate of drug-likeness (QED) is 0.635. The van der Waals surface area contributed by atoms with E-state index in [1.54, 1.807) is 0 Å². The number of aliphatic imine (C=N–C) groups is 1. The maximum absolute atomic E-state index is 5.95. The van der Waals surface area contributed by atoms with Crippen molar-refractivity contribution in [2.24, 2.45) is 22.6 Å². The summed E-state index contributed by atoms with van der Waals surface area (Å²) in [6, 6.07) is 6.74. The predicted octanol–water partition coefficient (Wildman–Crippen LogP) is 3.07. The van der Waals surface area contributed by atoms with Crippen LogP contribution < -0.4 is 11.1 Å². The van der Waals surface area contributed by atoms with Gasteiger partial charge in [-0.1, -0.05) is 19.9 Å². The number of nitrogens with one attached hydrogen (secondary N) is 1. The SMILES string of the molecule is Cc1cc(C)cc(NC(N)=N[C@@H]2C[C@H]2C(C)C)c1. The number of hydrogen-bond donors (Lipinski definition) is 2. The van der Waals surface area contributed by atoms with Crippen LogP contribution in [0.15, 0.2) is 23.2 Å². The molecule has 1 aromatic rings. The molecule has 0 heterocycles. The van der Waals surface area contributed by atoms with Crippen molar-refractivity contribution in [3.8, 4) is 0 Å². The molecule has 0 unspecified atom stereocenters. The molecule has 3 heteroatoms. The Morgan fingerprint density at radius 2 is 1.89 bits per heavy atom. The van der Waals surface area contributed by atoms with Crippen LogP contribution in [0.1, 0.15) is 31.4 Å². The zero-order chi connectivity index (χ0) is 13.3. The van der Waals surface area contributed by atoms with Gasteiger partial charge in [0, 0.05) is 5.69 Å². The molecule has 18 heavy (non-hydrogen) atoms. The van der Waals surface area contributed by atoms with Crippen molar-refractivity contribution in [2.45, 2.75) is 40.2 Å². The monoisotopic (exact) mass is 245 g/mol. The van der Waals surface area contributed by atoms with Gasteiger partial charge in [-0.2, -0.15) is 0 Å². The van der Waals surface area contributed by atoms with E-state index in [0.717, 1.165) is 5.69 Å². The maximum Gasteiger partial charge on any atom is 0.193 e. The average Bonchev–Trinajstić information content (AvgIpc) is 2.94. The van der Waals surface area contributed by atoms with Crippen LogP contribution in [0, 0.1) is 25.7 Å². The Labute approximate surface area is 109 Å². The summed E-state index contributed by atoms with van der Waals surface area (Å²) in [5, 5.41) is 3.18. The number of hydrogen-bond acceptors (Lipinski definition) is 1. The number of benzene rings is 1. The highest BCUT2D eigenvalue weighted by molar-refractivity contribution is 5.92. The Hall–Kier alpha value is -1.51. The number of rotatable bonds is 3. The molecule has 3 nitrogen and oxygen atoms in total. The van der Waals surface area contributed by atoms with Crippen molar-refractivity contribution in [3.63, 3.8) is 0 Å². The van der Waals surface area contributed by atoms with Crippen molar-refractivity contribution < 1.29 is 0 Å². The van der Waals surface area contributed by atoms with E-state index in [9.17, 15) is 0 Å². The second-order valence-electron chi connectivity index (χ2n) is 5.73.